The van der Waals surface area contributed by atoms with Crippen LogP contribution in [0.5, 0.6) is 0 Å². The average molecular weight is 482 g/mol. The van der Waals surface area contributed by atoms with E-state index in [4.69, 9.17) is 32.7 Å². The summed E-state index contributed by atoms with van der Waals surface area (Å²) in [5.74, 6) is -0.307. The maximum Gasteiger partial charge on any atom is 0.305 e. The van der Waals surface area contributed by atoms with Crippen molar-refractivity contribution in [2.24, 2.45) is 0 Å². The van der Waals surface area contributed by atoms with E-state index in [1.165, 1.54) is 57.8 Å². The Morgan fingerprint density at radius 2 is 0.968 bits per heavy atom. The Morgan fingerprint density at radius 1 is 0.581 bits per heavy atom. The molecule has 0 aliphatic heterocycles. The Balaban J connectivity index is 3.24. The van der Waals surface area contributed by atoms with E-state index in [1.54, 1.807) is 0 Å². The van der Waals surface area contributed by atoms with Crippen LogP contribution in [0.1, 0.15) is 129 Å². The highest BCUT2D eigenvalue weighted by Gasteiger charge is 2.06. The van der Waals surface area contributed by atoms with E-state index in [9.17, 15) is 9.59 Å². The summed E-state index contributed by atoms with van der Waals surface area (Å²) in [4.78, 5) is 22.5. The third-order valence-electron chi connectivity index (χ3n) is 5.39. The molecular formula is C25H46Cl2O4. The number of ether oxygens (including phenoxy) is 2. The number of unbranched alkanes of at least 4 members (excludes halogenated alkanes) is 15. The standard InChI is InChI=1S/C25H46Cl2O4/c1-2-3-4-5-6-7-8-9-12-15-18-21-30-24(28)19-16-13-10-11-14-17-20-25(29)31-22-23(26)27/h23H,2-22H2,1H3. The number of esters is 2. The molecule has 0 saturated heterocycles. The number of rotatable bonds is 23. The third kappa shape index (κ3) is 25.7. The van der Waals surface area contributed by atoms with Crippen LogP contribution in [0.2, 0.25) is 0 Å². The molecule has 31 heavy (non-hydrogen) atoms. The van der Waals surface area contributed by atoms with E-state index in [-0.39, 0.29) is 18.5 Å². The van der Waals surface area contributed by atoms with Gasteiger partial charge in [-0.15, -0.1) is 23.2 Å². The van der Waals surface area contributed by atoms with Gasteiger partial charge in [0.2, 0.25) is 0 Å². The molecule has 0 aromatic rings. The monoisotopic (exact) mass is 480 g/mol. The van der Waals surface area contributed by atoms with Gasteiger partial charge in [0.05, 0.1) is 6.61 Å². The zero-order valence-electron chi connectivity index (χ0n) is 19.8. The number of carbonyl (C=O) groups excluding carboxylic acids is 2. The summed E-state index contributed by atoms with van der Waals surface area (Å²) in [6, 6.07) is 0. The fraction of sp³-hybridized carbons (Fsp3) is 0.920. The van der Waals surface area contributed by atoms with E-state index in [0.717, 1.165) is 51.4 Å². The number of halogens is 2. The molecule has 0 N–H and O–H groups in total. The van der Waals surface area contributed by atoms with Crippen LogP contribution >= 0.6 is 23.2 Å². The van der Waals surface area contributed by atoms with Crippen LogP contribution in [-0.2, 0) is 19.1 Å². The van der Waals surface area contributed by atoms with Crippen molar-refractivity contribution < 1.29 is 19.1 Å². The van der Waals surface area contributed by atoms with Crippen LogP contribution in [0.4, 0.5) is 0 Å². The lowest BCUT2D eigenvalue weighted by atomic mass is 10.1. The van der Waals surface area contributed by atoms with Crippen molar-refractivity contribution in [1.29, 1.82) is 0 Å². The summed E-state index contributed by atoms with van der Waals surface area (Å²) >= 11 is 11.0. The molecule has 6 heteroatoms. The largest absolute Gasteiger partial charge is 0.466 e. The topological polar surface area (TPSA) is 52.6 Å². The predicted octanol–water partition coefficient (Wildman–Crippen LogP) is 8.31. The molecule has 0 aromatic carbocycles. The van der Waals surface area contributed by atoms with Crippen molar-refractivity contribution >= 4 is 35.1 Å². The Labute approximate surface area is 201 Å². The SMILES string of the molecule is CCCCCCCCCCCCCOC(=O)CCCCCCCCC(=O)OCC(Cl)Cl. The van der Waals surface area contributed by atoms with Gasteiger partial charge in [-0.2, -0.15) is 0 Å². The Kier molecular flexibility index (Phi) is 23.8. The van der Waals surface area contributed by atoms with E-state index in [1.807, 2.05) is 0 Å². The van der Waals surface area contributed by atoms with Crippen LogP contribution in [0.3, 0.4) is 0 Å². The van der Waals surface area contributed by atoms with E-state index >= 15 is 0 Å². The van der Waals surface area contributed by atoms with E-state index < -0.39 is 4.84 Å². The Bertz CT molecular complexity index is 416. The number of alkyl halides is 2. The van der Waals surface area contributed by atoms with Crippen molar-refractivity contribution in [3.63, 3.8) is 0 Å². The molecule has 0 radical (unpaired) electrons. The van der Waals surface area contributed by atoms with Gasteiger partial charge in [-0.05, 0) is 19.3 Å². The van der Waals surface area contributed by atoms with Crippen molar-refractivity contribution in [1.82, 2.24) is 0 Å². The fourth-order valence-electron chi connectivity index (χ4n) is 3.50. The lowest BCUT2D eigenvalue weighted by Gasteiger charge is -2.06. The molecule has 0 atom stereocenters. The molecule has 184 valence electrons. The average Bonchev–Trinajstić information content (AvgIpc) is 2.74. The second-order valence-corrected chi connectivity index (χ2v) is 9.73. The predicted molar refractivity (Wildman–Crippen MR) is 131 cm³/mol. The molecular weight excluding hydrogens is 435 g/mol. The minimum Gasteiger partial charge on any atom is -0.466 e. The number of carbonyl (C=O) groups is 2. The molecule has 0 aliphatic carbocycles. The highest BCUT2D eigenvalue weighted by molar-refractivity contribution is 6.44. The lowest BCUT2D eigenvalue weighted by Crippen LogP contribution is -2.09. The molecule has 0 saturated carbocycles. The molecule has 0 rings (SSSR count). The highest BCUT2D eigenvalue weighted by atomic mass is 35.5. The smallest absolute Gasteiger partial charge is 0.305 e. The highest BCUT2D eigenvalue weighted by Crippen LogP contribution is 2.12. The van der Waals surface area contributed by atoms with Crippen LogP contribution in [0.25, 0.3) is 0 Å². The van der Waals surface area contributed by atoms with E-state index in [0.29, 0.717) is 19.4 Å². The first-order valence-corrected chi connectivity index (χ1v) is 13.5. The van der Waals surface area contributed by atoms with E-state index in [2.05, 4.69) is 6.92 Å². The van der Waals surface area contributed by atoms with Crippen molar-refractivity contribution in [3.8, 4) is 0 Å². The van der Waals surface area contributed by atoms with Crippen LogP contribution in [0.15, 0.2) is 0 Å². The molecule has 0 unspecified atom stereocenters. The first kappa shape index (κ1) is 30.5. The quantitative estimate of drug-likeness (QED) is 0.0836. The van der Waals surface area contributed by atoms with Gasteiger partial charge in [0, 0.05) is 12.8 Å². The molecule has 0 amide bonds. The van der Waals surface area contributed by atoms with Gasteiger partial charge in [0.15, 0.2) is 0 Å². The molecule has 0 aromatic heterocycles. The summed E-state index contributed by atoms with van der Waals surface area (Å²) in [6.45, 7) is 2.88. The first-order valence-electron chi connectivity index (χ1n) is 12.7. The van der Waals surface area contributed by atoms with Gasteiger partial charge >= 0.3 is 11.9 Å². The normalized spacial score (nSPS) is 11.1. The van der Waals surface area contributed by atoms with Crippen LogP contribution < -0.4 is 0 Å². The van der Waals surface area contributed by atoms with Crippen molar-refractivity contribution in [3.05, 3.63) is 0 Å². The van der Waals surface area contributed by atoms with Crippen molar-refractivity contribution in [2.75, 3.05) is 13.2 Å². The molecule has 4 nitrogen and oxygen atoms in total. The number of hydrogen-bond acceptors (Lipinski definition) is 4. The molecule has 0 bridgehead atoms. The minimum atomic E-state index is -0.657. The summed E-state index contributed by atoms with van der Waals surface area (Å²) in [5.41, 5.74) is 0. The van der Waals surface area contributed by atoms with Crippen LogP contribution in [-0.4, -0.2) is 30.0 Å². The Hall–Kier alpha value is -0.480. The van der Waals surface area contributed by atoms with Crippen LogP contribution in [0, 0.1) is 0 Å². The van der Waals surface area contributed by atoms with Gasteiger partial charge in [-0.3, -0.25) is 9.59 Å². The van der Waals surface area contributed by atoms with Gasteiger partial charge in [-0.1, -0.05) is 96.8 Å². The molecule has 0 heterocycles. The van der Waals surface area contributed by atoms with Gasteiger partial charge in [-0.25, -0.2) is 0 Å². The molecule has 0 aliphatic rings. The maximum atomic E-state index is 11.8. The Morgan fingerprint density at radius 3 is 1.42 bits per heavy atom. The van der Waals surface area contributed by atoms with Gasteiger partial charge in [0.25, 0.3) is 0 Å². The second-order valence-electron chi connectivity index (χ2n) is 8.45. The van der Waals surface area contributed by atoms with Gasteiger partial charge < -0.3 is 9.47 Å². The lowest BCUT2D eigenvalue weighted by molar-refractivity contribution is -0.144. The van der Waals surface area contributed by atoms with Gasteiger partial charge in [0.1, 0.15) is 11.4 Å². The maximum absolute atomic E-state index is 11.8. The number of hydrogen-bond donors (Lipinski definition) is 0. The first-order chi connectivity index (χ1) is 15.1. The minimum absolute atomic E-state index is 0.0529. The second kappa shape index (κ2) is 24.2. The van der Waals surface area contributed by atoms with Crippen molar-refractivity contribution in [2.45, 2.75) is 134 Å². The zero-order valence-corrected chi connectivity index (χ0v) is 21.3. The zero-order chi connectivity index (χ0) is 23.0. The summed E-state index contributed by atoms with van der Waals surface area (Å²) in [5, 5.41) is 0. The third-order valence-corrected chi connectivity index (χ3v) is 5.65. The molecule has 0 spiro atoms. The summed E-state index contributed by atoms with van der Waals surface area (Å²) in [7, 11) is 0. The summed E-state index contributed by atoms with van der Waals surface area (Å²) < 4.78 is 10.2. The fourth-order valence-corrected chi connectivity index (χ4v) is 3.62. The molecule has 0 fully saturated rings. The summed E-state index contributed by atoms with van der Waals surface area (Å²) in [6.07, 6.45) is 21.1.